The number of carbonyl (C=O) groups is 1. The van der Waals surface area contributed by atoms with Crippen molar-refractivity contribution in [2.45, 2.75) is 19.0 Å². The first-order valence-electron chi connectivity index (χ1n) is 8.67. The van der Waals surface area contributed by atoms with Crippen LogP contribution in [0.2, 0.25) is 0 Å². The predicted octanol–water partition coefficient (Wildman–Crippen LogP) is 0.556. The van der Waals surface area contributed by atoms with Gasteiger partial charge >= 0.3 is 0 Å². The summed E-state index contributed by atoms with van der Waals surface area (Å²) in [7, 11) is 0. The number of aromatic nitrogens is 2. The van der Waals surface area contributed by atoms with Crippen molar-refractivity contribution in [2.24, 2.45) is 0 Å². The van der Waals surface area contributed by atoms with Gasteiger partial charge in [-0.15, -0.1) is 0 Å². The van der Waals surface area contributed by atoms with Gasteiger partial charge in [-0.3, -0.25) is 4.79 Å². The lowest BCUT2D eigenvalue weighted by molar-refractivity contribution is -0.120. The van der Waals surface area contributed by atoms with Crippen LogP contribution in [0.4, 0.5) is 11.8 Å². The van der Waals surface area contributed by atoms with Crippen LogP contribution in [0.3, 0.4) is 0 Å². The third kappa shape index (κ3) is 5.05. The number of amides is 1. The maximum Gasteiger partial charge on any atom is 0.239 e. The van der Waals surface area contributed by atoms with E-state index in [0.29, 0.717) is 18.1 Å². The first-order chi connectivity index (χ1) is 13.2. The van der Waals surface area contributed by atoms with Crippen LogP contribution < -0.4 is 21.3 Å². The normalized spacial score (nSPS) is 15.7. The molecule has 2 heterocycles. The average Bonchev–Trinajstić information content (AvgIpc) is 3.18. The molecule has 2 aromatic rings. The number of nitriles is 1. The van der Waals surface area contributed by atoms with Crippen LogP contribution in [0.1, 0.15) is 17.5 Å². The Hall–Kier alpha value is -3.38. The van der Waals surface area contributed by atoms with Crippen molar-refractivity contribution in [3.05, 3.63) is 41.6 Å². The summed E-state index contributed by atoms with van der Waals surface area (Å²) in [5.41, 5.74) is 0.947. The predicted molar refractivity (Wildman–Crippen MR) is 100 cm³/mol. The molecule has 0 spiro atoms. The molecule has 9 heteroatoms. The fourth-order valence-electron chi connectivity index (χ4n) is 2.74. The first-order valence-corrected chi connectivity index (χ1v) is 8.67. The number of phenols is 1. The van der Waals surface area contributed by atoms with Gasteiger partial charge in [0.2, 0.25) is 11.9 Å². The smallest absolute Gasteiger partial charge is 0.239 e. The Morgan fingerprint density at radius 1 is 1.37 bits per heavy atom. The van der Waals surface area contributed by atoms with Crippen molar-refractivity contribution in [3.8, 4) is 11.8 Å². The highest BCUT2D eigenvalue weighted by Crippen LogP contribution is 2.18. The van der Waals surface area contributed by atoms with Gasteiger partial charge in [-0.2, -0.15) is 10.2 Å². The van der Waals surface area contributed by atoms with E-state index in [1.807, 2.05) is 12.1 Å². The number of phenolic OH excluding ortho intramolecular Hbond substituents is 1. The summed E-state index contributed by atoms with van der Waals surface area (Å²) in [5.74, 6) is 0.595. The number of hydrogen-bond donors (Lipinski definition) is 5. The summed E-state index contributed by atoms with van der Waals surface area (Å²) >= 11 is 0. The summed E-state index contributed by atoms with van der Waals surface area (Å²) in [6.45, 7) is 2.01. The number of benzene rings is 1. The maximum atomic E-state index is 12.0. The van der Waals surface area contributed by atoms with Crippen LogP contribution in [0.15, 0.2) is 30.5 Å². The summed E-state index contributed by atoms with van der Waals surface area (Å²) in [4.78, 5) is 20.4. The number of nitrogens with one attached hydrogen (secondary N) is 4. The molecular formula is C18H21N7O2. The van der Waals surface area contributed by atoms with Crippen LogP contribution in [0.25, 0.3) is 0 Å². The van der Waals surface area contributed by atoms with Gasteiger partial charge in [0.15, 0.2) is 0 Å². The molecule has 1 atom stereocenters. The van der Waals surface area contributed by atoms with Crippen molar-refractivity contribution in [3.63, 3.8) is 0 Å². The zero-order valence-corrected chi connectivity index (χ0v) is 14.7. The van der Waals surface area contributed by atoms with Gasteiger partial charge < -0.3 is 26.4 Å². The highest BCUT2D eigenvalue weighted by atomic mass is 16.3. The van der Waals surface area contributed by atoms with E-state index in [4.69, 9.17) is 0 Å². The van der Waals surface area contributed by atoms with Crippen molar-refractivity contribution < 1.29 is 9.90 Å². The monoisotopic (exact) mass is 367 g/mol. The standard InChI is InChI=1S/C18H21N7O2/c19-7-13-9-23-18(22-8-12-3-1-2-4-15(12)26)25-17(13)21-11-16(27)24-14-5-6-20-10-14/h1-4,9,14,20,26H,5-6,8,10-11H2,(H,24,27)(H2,21,22,23,25)/t14-/m0/s1. The van der Waals surface area contributed by atoms with Crippen LogP contribution >= 0.6 is 0 Å². The highest BCUT2D eigenvalue weighted by molar-refractivity contribution is 5.81. The molecule has 0 radical (unpaired) electrons. The van der Waals surface area contributed by atoms with E-state index in [9.17, 15) is 15.2 Å². The number of carbonyl (C=O) groups excluding carboxylic acids is 1. The minimum Gasteiger partial charge on any atom is -0.508 e. The van der Waals surface area contributed by atoms with Gasteiger partial charge in [0.1, 0.15) is 23.2 Å². The second kappa shape index (κ2) is 8.82. The largest absolute Gasteiger partial charge is 0.508 e. The highest BCUT2D eigenvalue weighted by Gasteiger charge is 2.17. The molecule has 1 aliphatic rings. The van der Waals surface area contributed by atoms with Crippen LogP contribution in [0, 0.1) is 11.3 Å². The molecule has 9 nitrogen and oxygen atoms in total. The molecule has 1 aromatic heterocycles. The number of nitrogens with zero attached hydrogens (tertiary/aromatic N) is 3. The Morgan fingerprint density at radius 2 is 2.22 bits per heavy atom. The van der Waals surface area contributed by atoms with Crippen molar-refractivity contribution in [2.75, 3.05) is 30.3 Å². The minimum absolute atomic E-state index is 0.0150. The molecule has 3 rings (SSSR count). The maximum absolute atomic E-state index is 12.0. The van der Waals surface area contributed by atoms with Crippen LogP contribution in [-0.2, 0) is 11.3 Å². The average molecular weight is 367 g/mol. The number of hydrogen-bond acceptors (Lipinski definition) is 8. The molecule has 27 heavy (non-hydrogen) atoms. The second-order valence-electron chi connectivity index (χ2n) is 6.16. The van der Waals surface area contributed by atoms with Gasteiger partial charge in [-0.1, -0.05) is 18.2 Å². The van der Waals surface area contributed by atoms with E-state index in [1.165, 1.54) is 6.20 Å². The van der Waals surface area contributed by atoms with E-state index in [0.717, 1.165) is 19.5 Å². The number of anilines is 2. The van der Waals surface area contributed by atoms with Crippen molar-refractivity contribution in [1.82, 2.24) is 20.6 Å². The first kappa shape index (κ1) is 18.4. The SMILES string of the molecule is N#Cc1cnc(NCc2ccccc2O)nc1NCC(=O)N[C@H]1CCNC1. The van der Waals surface area contributed by atoms with Gasteiger partial charge in [-0.05, 0) is 19.0 Å². The molecule has 1 amide bonds. The van der Waals surface area contributed by atoms with E-state index in [2.05, 4.69) is 31.2 Å². The zero-order valence-electron chi connectivity index (χ0n) is 14.7. The third-order valence-electron chi connectivity index (χ3n) is 4.18. The zero-order chi connectivity index (χ0) is 19.1. The lowest BCUT2D eigenvalue weighted by atomic mass is 10.2. The lowest BCUT2D eigenvalue weighted by Crippen LogP contribution is -2.39. The quantitative estimate of drug-likeness (QED) is 0.479. The summed E-state index contributed by atoms with van der Waals surface area (Å²) in [6, 6.07) is 9.09. The topological polar surface area (TPSA) is 135 Å². The van der Waals surface area contributed by atoms with Crippen LogP contribution in [-0.4, -0.2) is 46.7 Å². The molecule has 140 valence electrons. The number of rotatable bonds is 7. The second-order valence-corrected chi connectivity index (χ2v) is 6.16. The van der Waals surface area contributed by atoms with Gasteiger partial charge in [0, 0.05) is 24.7 Å². The molecule has 5 N–H and O–H groups in total. The molecule has 1 aliphatic heterocycles. The van der Waals surface area contributed by atoms with Gasteiger partial charge in [0.05, 0.1) is 12.7 Å². The summed E-state index contributed by atoms with van der Waals surface area (Å²) in [6.07, 6.45) is 2.30. The molecule has 1 fully saturated rings. The fraction of sp³-hybridized carbons (Fsp3) is 0.333. The van der Waals surface area contributed by atoms with Crippen molar-refractivity contribution >= 4 is 17.7 Å². The van der Waals surface area contributed by atoms with E-state index >= 15 is 0 Å². The molecule has 1 aromatic carbocycles. The minimum atomic E-state index is -0.157. The molecular weight excluding hydrogens is 346 g/mol. The molecule has 0 unspecified atom stereocenters. The lowest BCUT2D eigenvalue weighted by Gasteiger charge is -2.13. The molecule has 1 saturated heterocycles. The fourth-order valence-corrected chi connectivity index (χ4v) is 2.74. The third-order valence-corrected chi connectivity index (χ3v) is 4.18. The number of para-hydroxylation sites is 1. The van der Waals surface area contributed by atoms with E-state index in [1.54, 1.807) is 18.2 Å². The van der Waals surface area contributed by atoms with E-state index < -0.39 is 0 Å². The Kier molecular flexibility index (Phi) is 6.02. The Bertz CT molecular complexity index is 844. The molecule has 0 aliphatic carbocycles. The summed E-state index contributed by atoms with van der Waals surface area (Å²) in [5, 5.41) is 31.0. The molecule has 0 saturated carbocycles. The van der Waals surface area contributed by atoms with Gasteiger partial charge in [-0.25, -0.2) is 4.98 Å². The Labute approximate surface area is 156 Å². The Morgan fingerprint density at radius 3 is 2.96 bits per heavy atom. The van der Waals surface area contributed by atoms with Crippen LogP contribution in [0.5, 0.6) is 5.75 Å². The van der Waals surface area contributed by atoms with Crippen molar-refractivity contribution in [1.29, 1.82) is 5.26 Å². The van der Waals surface area contributed by atoms with E-state index in [-0.39, 0.29) is 35.6 Å². The number of aromatic hydroxyl groups is 1. The molecule has 0 bridgehead atoms. The Balaban J connectivity index is 1.60. The van der Waals surface area contributed by atoms with Gasteiger partial charge in [0.25, 0.3) is 0 Å². The summed E-state index contributed by atoms with van der Waals surface area (Å²) < 4.78 is 0.